The van der Waals surface area contributed by atoms with Crippen LogP contribution in [0, 0.1) is 5.92 Å². The molecule has 0 N–H and O–H groups in total. The third-order valence-electron chi connectivity index (χ3n) is 3.60. The fraction of sp³-hybridized carbons (Fsp3) is 0.474. The number of allylic oxidation sites excluding steroid dienone is 3. The van der Waals surface area contributed by atoms with Crippen molar-refractivity contribution in [1.29, 1.82) is 0 Å². The van der Waals surface area contributed by atoms with Gasteiger partial charge in [0.05, 0.1) is 8.07 Å². The molecule has 116 valence electrons. The van der Waals surface area contributed by atoms with Gasteiger partial charge in [0.25, 0.3) is 0 Å². The van der Waals surface area contributed by atoms with E-state index in [1.807, 2.05) is 0 Å². The molecule has 1 rings (SSSR count). The lowest BCUT2D eigenvalue weighted by atomic mass is 10.0. The molecule has 21 heavy (non-hydrogen) atoms. The molecule has 0 nitrogen and oxygen atoms in total. The fourth-order valence-electron chi connectivity index (χ4n) is 2.51. The lowest BCUT2D eigenvalue weighted by molar-refractivity contribution is 0.632. The molecule has 2 atom stereocenters. The Bertz CT molecular complexity index is 452. The van der Waals surface area contributed by atoms with Crippen molar-refractivity contribution in [2.24, 2.45) is 5.92 Å². The third-order valence-corrected chi connectivity index (χ3v) is 9.36. The van der Waals surface area contributed by atoms with Crippen LogP contribution in [-0.2, 0) is 0 Å². The summed E-state index contributed by atoms with van der Waals surface area (Å²) in [6.45, 7) is 15.9. The number of hydrogen-bond donors (Lipinski definition) is 0. The highest BCUT2D eigenvalue weighted by molar-refractivity contribution is 8.01. The van der Waals surface area contributed by atoms with E-state index < -0.39 is 8.07 Å². The van der Waals surface area contributed by atoms with Gasteiger partial charge in [0, 0.05) is 9.77 Å². The number of benzene rings is 1. The van der Waals surface area contributed by atoms with E-state index >= 15 is 0 Å². The van der Waals surface area contributed by atoms with Gasteiger partial charge in [-0.1, -0.05) is 55.6 Å². The highest BCUT2D eigenvalue weighted by Crippen LogP contribution is 2.37. The summed E-state index contributed by atoms with van der Waals surface area (Å²) in [5.41, 5.74) is 1.41. The summed E-state index contributed by atoms with van der Waals surface area (Å²) < 4.78 is 0. The molecular formula is C19H30SSi. The minimum atomic E-state index is -1.26. The summed E-state index contributed by atoms with van der Waals surface area (Å²) in [6.07, 6.45) is 6.92. The lowest BCUT2D eigenvalue weighted by Crippen LogP contribution is -2.40. The predicted molar refractivity (Wildman–Crippen MR) is 102 cm³/mol. The Morgan fingerprint density at radius 3 is 2.29 bits per heavy atom. The smallest absolute Gasteiger partial charge is 0.0599 e. The first-order chi connectivity index (χ1) is 9.84. The third kappa shape index (κ3) is 6.71. The molecule has 1 aromatic rings. The molecule has 0 fully saturated rings. The van der Waals surface area contributed by atoms with E-state index in [2.05, 4.69) is 94.3 Å². The summed E-state index contributed by atoms with van der Waals surface area (Å²) in [4.78, 5) is 2.07. The van der Waals surface area contributed by atoms with Crippen molar-refractivity contribution in [3.8, 4) is 0 Å². The fourth-order valence-corrected chi connectivity index (χ4v) is 6.95. The Hall–Kier alpha value is -0.733. The van der Waals surface area contributed by atoms with E-state index in [4.69, 9.17) is 0 Å². The molecule has 0 saturated carbocycles. The van der Waals surface area contributed by atoms with Gasteiger partial charge in [-0.2, -0.15) is 0 Å². The summed E-state index contributed by atoms with van der Waals surface area (Å²) >= 11 is 2.06. The molecule has 0 aliphatic heterocycles. The van der Waals surface area contributed by atoms with Crippen molar-refractivity contribution in [3.63, 3.8) is 0 Å². The molecule has 0 spiro atoms. The minimum Gasteiger partial charge on any atom is -0.125 e. The maximum absolute atomic E-state index is 4.12. The Morgan fingerprint density at radius 2 is 1.81 bits per heavy atom. The maximum atomic E-state index is 4.12. The van der Waals surface area contributed by atoms with Gasteiger partial charge in [-0.25, -0.2) is 0 Å². The first-order valence-corrected chi connectivity index (χ1v) is 12.3. The van der Waals surface area contributed by atoms with Crippen molar-refractivity contribution in [2.45, 2.75) is 56.1 Å². The first-order valence-electron chi connectivity index (χ1n) is 7.82. The van der Waals surface area contributed by atoms with Crippen molar-refractivity contribution in [3.05, 3.63) is 54.6 Å². The van der Waals surface area contributed by atoms with Crippen LogP contribution in [0.3, 0.4) is 0 Å². The average molecular weight is 319 g/mol. The van der Waals surface area contributed by atoms with E-state index in [1.165, 1.54) is 16.9 Å². The Labute approximate surface area is 136 Å². The molecular weight excluding hydrogens is 288 g/mol. The van der Waals surface area contributed by atoms with Crippen molar-refractivity contribution in [1.82, 2.24) is 0 Å². The van der Waals surface area contributed by atoms with Crippen LogP contribution in [0.15, 0.2) is 59.5 Å². The number of hydrogen-bond acceptors (Lipinski definition) is 1. The molecule has 0 aliphatic rings. The minimum absolute atomic E-state index is 0.595. The SMILES string of the molecule is C=CC(CCC=C(C)C)[C@H](Sc1ccccc1)[Si](C)(C)C. The zero-order chi connectivity index (χ0) is 15.9. The second-order valence-electron chi connectivity index (χ2n) is 6.98. The number of thioether (sulfide) groups is 1. The summed E-state index contributed by atoms with van der Waals surface area (Å²) in [6, 6.07) is 10.8. The van der Waals surface area contributed by atoms with Gasteiger partial charge in [-0.3, -0.25) is 0 Å². The van der Waals surface area contributed by atoms with Gasteiger partial charge in [0.1, 0.15) is 0 Å². The Morgan fingerprint density at radius 1 is 1.19 bits per heavy atom. The van der Waals surface area contributed by atoms with E-state index in [0.717, 1.165) is 6.42 Å². The monoisotopic (exact) mass is 318 g/mol. The zero-order valence-electron chi connectivity index (χ0n) is 14.2. The van der Waals surface area contributed by atoms with Crippen molar-refractivity contribution >= 4 is 19.8 Å². The van der Waals surface area contributed by atoms with Crippen LogP contribution in [0.1, 0.15) is 26.7 Å². The molecule has 0 bridgehead atoms. The summed E-state index contributed by atoms with van der Waals surface area (Å²) in [5, 5.41) is 0. The lowest BCUT2D eigenvalue weighted by Gasteiger charge is -2.34. The van der Waals surface area contributed by atoms with Crippen LogP contribution in [0.4, 0.5) is 0 Å². The van der Waals surface area contributed by atoms with Crippen molar-refractivity contribution < 1.29 is 0 Å². The second kappa shape index (κ2) is 8.65. The molecule has 0 aliphatic carbocycles. The first kappa shape index (κ1) is 18.3. The molecule has 0 radical (unpaired) electrons. The molecule has 0 heterocycles. The number of rotatable bonds is 8. The van der Waals surface area contributed by atoms with Crippen LogP contribution < -0.4 is 0 Å². The maximum Gasteiger partial charge on any atom is 0.0599 e. The standard InChI is InChI=1S/C19H30SSi/c1-7-17(13-11-12-16(2)3)19(21(4,5)6)20-18-14-9-8-10-15-18/h7-10,12,14-15,17,19H,1,11,13H2,2-6H3/t17?,19-/m1/s1. The normalized spacial score (nSPS) is 14.3. The highest BCUT2D eigenvalue weighted by Gasteiger charge is 2.32. The van der Waals surface area contributed by atoms with Crippen molar-refractivity contribution in [2.75, 3.05) is 0 Å². The second-order valence-corrected chi connectivity index (χ2v) is 14.0. The van der Waals surface area contributed by atoms with Gasteiger partial charge in [-0.15, -0.1) is 18.3 Å². The largest absolute Gasteiger partial charge is 0.125 e. The van der Waals surface area contributed by atoms with E-state index in [9.17, 15) is 0 Å². The average Bonchev–Trinajstić information content (AvgIpc) is 2.41. The molecule has 1 unspecified atom stereocenters. The van der Waals surface area contributed by atoms with E-state index in [1.54, 1.807) is 0 Å². The molecule has 0 amide bonds. The highest BCUT2D eigenvalue weighted by atomic mass is 32.2. The molecule has 0 saturated heterocycles. The van der Waals surface area contributed by atoms with Gasteiger partial charge in [0.2, 0.25) is 0 Å². The topological polar surface area (TPSA) is 0 Å². The van der Waals surface area contributed by atoms with Gasteiger partial charge < -0.3 is 0 Å². The molecule has 1 aromatic carbocycles. The van der Waals surface area contributed by atoms with Gasteiger partial charge >= 0.3 is 0 Å². The Balaban J connectivity index is 2.84. The predicted octanol–water partition coefficient (Wildman–Crippen LogP) is 6.57. The van der Waals surface area contributed by atoms with E-state index in [0.29, 0.717) is 10.8 Å². The Kier molecular flexibility index (Phi) is 7.54. The van der Waals surface area contributed by atoms with Crippen LogP contribution in [0.2, 0.25) is 19.6 Å². The molecule has 0 aromatic heterocycles. The summed E-state index contributed by atoms with van der Waals surface area (Å²) in [7, 11) is -1.26. The van der Waals surface area contributed by atoms with Crippen LogP contribution in [-0.4, -0.2) is 12.9 Å². The van der Waals surface area contributed by atoms with Crippen LogP contribution >= 0.6 is 11.8 Å². The molecule has 2 heteroatoms. The van der Waals surface area contributed by atoms with Gasteiger partial charge in [-0.05, 0) is 44.7 Å². The van der Waals surface area contributed by atoms with Gasteiger partial charge in [0.15, 0.2) is 0 Å². The quantitative estimate of drug-likeness (QED) is 0.296. The summed E-state index contributed by atoms with van der Waals surface area (Å²) in [5.74, 6) is 0.595. The van der Waals surface area contributed by atoms with Crippen LogP contribution in [0.25, 0.3) is 0 Å². The zero-order valence-corrected chi connectivity index (χ0v) is 16.0. The van der Waals surface area contributed by atoms with Crippen LogP contribution in [0.5, 0.6) is 0 Å². The van der Waals surface area contributed by atoms with E-state index in [-0.39, 0.29) is 0 Å².